The minimum absolute atomic E-state index is 0.0169. The van der Waals surface area contributed by atoms with Gasteiger partial charge in [0, 0.05) is 33.2 Å². The number of hydrogen-bond acceptors (Lipinski definition) is 5. The minimum atomic E-state index is -0.0169. The van der Waals surface area contributed by atoms with Crippen molar-refractivity contribution in [2.75, 3.05) is 33.5 Å². The van der Waals surface area contributed by atoms with Crippen LogP contribution >= 0.6 is 11.3 Å². The van der Waals surface area contributed by atoms with E-state index in [1.165, 1.54) is 5.56 Å². The van der Waals surface area contributed by atoms with E-state index in [9.17, 15) is 4.79 Å². The molecule has 2 heterocycles. The van der Waals surface area contributed by atoms with Gasteiger partial charge in [0.25, 0.3) is 0 Å². The van der Waals surface area contributed by atoms with E-state index in [2.05, 4.69) is 16.8 Å². The van der Waals surface area contributed by atoms with Gasteiger partial charge in [-0.15, -0.1) is 0 Å². The molecular formula is C21H27NO4S. The zero-order chi connectivity index (χ0) is 18.9. The number of amides is 1. The highest BCUT2D eigenvalue weighted by molar-refractivity contribution is 7.07. The Bertz CT molecular complexity index is 698. The van der Waals surface area contributed by atoms with Crippen LogP contribution in [-0.2, 0) is 27.2 Å². The molecule has 0 bridgehead atoms. The number of ether oxygens (including phenoxy) is 3. The molecule has 1 atom stereocenters. The maximum absolute atomic E-state index is 12.4. The molecule has 0 spiro atoms. The van der Waals surface area contributed by atoms with Crippen LogP contribution in [0, 0.1) is 0 Å². The molecule has 1 amide bonds. The summed E-state index contributed by atoms with van der Waals surface area (Å²) in [5.41, 5.74) is 2.34. The van der Waals surface area contributed by atoms with Crippen LogP contribution in [0.4, 0.5) is 0 Å². The van der Waals surface area contributed by atoms with Gasteiger partial charge < -0.3 is 19.1 Å². The Kier molecular flexibility index (Phi) is 7.68. The summed E-state index contributed by atoms with van der Waals surface area (Å²) in [6.45, 7) is 2.64. The van der Waals surface area contributed by atoms with Gasteiger partial charge in [-0.1, -0.05) is 12.1 Å². The molecule has 0 saturated carbocycles. The lowest BCUT2D eigenvalue weighted by Crippen LogP contribution is -2.38. The molecule has 0 aliphatic carbocycles. The average Bonchev–Trinajstić information content (AvgIpc) is 3.36. The van der Waals surface area contributed by atoms with Gasteiger partial charge in [-0.05, 0) is 52.9 Å². The van der Waals surface area contributed by atoms with Gasteiger partial charge in [0.1, 0.15) is 12.4 Å². The molecule has 2 aromatic rings. The third kappa shape index (κ3) is 6.34. The van der Waals surface area contributed by atoms with Gasteiger partial charge in [0.05, 0.1) is 12.7 Å². The predicted molar refractivity (Wildman–Crippen MR) is 106 cm³/mol. The molecule has 1 fully saturated rings. The van der Waals surface area contributed by atoms with E-state index in [-0.39, 0.29) is 18.6 Å². The van der Waals surface area contributed by atoms with Gasteiger partial charge in [-0.3, -0.25) is 4.79 Å². The second-order valence-corrected chi connectivity index (χ2v) is 7.50. The SMILES string of the molecule is COCC(=O)N(Cc1cccc(OCCc2ccsc2)c1)C[C@@H]1CCCO1. The molecule has 1 aromatic heterocycles. The molecule has 5 nitrogen and oxygen atoms in total. The Balaban J connectivity index is 1.57. The third-order valence-electron chi connectivity index (χ3n) is 4.58. The number of hydrogen-bond donors (Lipinski definition) is 0. The molecule has 0 N–H and O–H groups in total. The summed E-state index contributed by atoms with van der Waals surface area (Å²) >= 11 is 1.70. The summed E-state index contributed by atoms with van der Waals surface area (Å²) in [5.74, 6) is 0.816. The zero-order valence-corrected chi connectivity index (χ0v) is 16.6. The van der Waals surface area contributed by atoms with Crippen LogP contribution in [0.2, 0.25) is 0 Å². The molecule has 0 unspecified atom stereocenters. The fraction of sp³-hybridized carbons (Fsp3) is 0.476. The number of carbonyl (C=O) groups excluding carboxylic acids is 1. The van der Waals surface area contributed by atoms with Gasteiger partial charge in [0.2, 0.25) is 5.91 Å². The van der Waals surface area contributed by atoms with Crippen LogP contribution in [0.5, 0.6) is 5.75 Å². The van der Waals surface area contributed by atoms with Gasteiger partial charge >= 0.3 is 0 Å². The van der Waals surface area contributed by atoms with Crippen LogP contribution < -0.4 is 4.74 Å². The Hall–Kier alpha value is -1.89. The fourth-order valence-corrected chi connectivity index (χ4v) is 3.88. The van der Waals surface area contributed by atoms with Gasteiger partial charge in [-0.25, -0.2) is 0 Å². The molecule has 1 aliphatic rings. The quantitative estimate of drug-likeness (QED) is 0.624. The van der Waals surface area contributed by atoms with Crippen molar-refractivity contribution < 1.29 is 19.0 Å². The standard InChI is InChI=1S/C21H27NO4S/c1-24-15-21(23)22(14-20-6-3-9-25-20)13-18-4-2-5-19(12-18)26-10-7-17-8-11-27-16-17/h2,4-5,8,11-12,16,20H,3,6-7,9-10,13-15H2,1H3/t20-/m0/s1. The first kappa shape index (κ1) is 19.9. The highest BCUT2D eigenvalue weighted by atomic mass is 32.1. The lowest BCUT2D eigenvalue weighted by atomic mass is 10.1. The van der Waals surface area contributed by atoms with E-state index in [4.69, 9.17) is 14.2 Å². The van der Waals surface area contributed by atoms with Crippen molar-refractivity contribution in [3.05, 3.63) is 52.2 Å². The van der Waals surface area contributed by atoms with Crippen LogP contribution in [0.15, 0.2) is 41.1 Å². The molecular weight excluding hydrogens is 362 g/mol. The monoisotopic (exact) mass is 389 g/mol. The minimum Gasteiger partial charge on any atom is -0.493 e. The second-order valence-electron chi connectivity index (χ2n) is 6.72. The summed E-state index contributed by atoms with van der Waals surface area (Å²) in [5, 5.41) is 4.22. The van der Waals surface area contributed by atoms with Crippen molar-refractivity contribution in [2.24, 2.45) is 0 Å². The summed E-state index contributed by atoms with van der Waals surface area (Å²) < 4.78 is 16.6. The van der Waals surface area contributed by atoms with E-state index in [1.807, 2.05) is 29.2 Å². The lowest BCUT2D eigenvalue weighted by molar-refractivity contribution is -0.137. The van der Waals surface area contributed by atoms with E-state index in [1.54, 1.807) is 18.4 Å². The highest BCUT2D eigenvalue weighted by Gasteiger charge is 2.22. The van der Waals surface area contributed by atoms with E-state index in [0.29, 0.717) is 19.7 Å². The van der Waals surface area contributed by atoms with E-state index in [0.717, 1.165) is 37.2 Å². The Labute approximate surface area is 164 Å². The normalized spacial score (nSPS) is 16.4. The highest BCUT2D eigenvalue weighted by Crippen LogP contribution is 2.19. The van der Waals surface area contributed by atoms with Crippen LogP contribution in [0.3, 0.4) is 0 Å². The van der Waals surface area contributed by atoms with E-state index >= 15 is 0 Å². The first-order valence-corrected chi connectivity index (χ1v) is 10.3. The smallest absolute Gasteiger partial charge is 0.248 e. The van der Waals surface area contributed by atoms with Crippen LogP contribution in [0.25, 0.3) is 0 Å². The van der Waals surface area contributed by atoms with Crippen LogP contribution in [0.1, 0.15) is 24.0 Å². The Morgan fingerprint density at radius 3 is 3.00 bits per heavy atom. The second kappa shape index (κ2) is 10.4. The molecule has 146 valence electrons. The van der Waals surface area contributed by atoms with Crippen molar-refractivity contribution in [3.63, 3.8) is 0 Å². The topological polar surface area (TPSA) is 48.0 Å². The third-order valence-corrected chi connectivity index (χ3v) is 5.31. The number of carbonyl (C=O) groups is 1. The summed E-state index contributed by atoms with van der Waals surface area (Å²) in [6, 6.07) is 10.1. The molecule has 27 heavy (non-hydrogen) atoms. The lowest BCUT2D eigenvalue weighted by Gasteiger charge is -2.25. The predicted octanol–water partition coefficient (Wildman–Crippen LogP) is 3.52. The van der Waals surface area contributed by atoms with Crippen LogP contribution in [-0.4, -0.2) is 50.4 Å². The van der Waals surface area contributed by atoms with Crippen molar-refractivity contribution in [3.8, 4) is 5.75 Å². The number of methoxy groups -OCH3 is 1. The molecule has 0 radical (unpaired) electrons. The van der Waals surface area contributed by atoms with Crippen molar-refractivity contribution in [1.29, 1.82) is 0 Å². The number of nitrogens with zero attached hydrogens (tertiary/aromatic N) is 1. The Morgan fingerprint density at radius 1 is 1.33 bits per heavy atom. The largest absolute Gasteiger partial charge is 0.493 e. The Morgan fingerprint density at radius 2 is 2.26 bits per heavy atom. The summed E-state index contributed by atoms with van der Waals surface area (Å²) in [4.78, 5) is 14.3. The first-order valence-electron chi connectivity index (χ1n) is 9.35. The van der Waals surface area contributed by atoms with E-state index < -0.39 is 0 Å². The van der Waals surface area contributed by atoms with Gasteiger partial charge in [0.15, 0.2) is 0 Å². The molecule has 1 aromatic carbocycles. The van der Waals surface area contributed by atoms with Gasteiger partial charge in [-0.2, -0.15) is 11.3 Å². The maximum atomic E-state index is 12.4. The molecule has 3 rings (SSSR count). The molecule has 1 saturated heterocycles. The summed E-state index contributed by atoms with van der Waals surface area (Å²) in [7, 11) is 1.55. The summed E-state index contributed by atoms with van der Waals surface area (Å²) in [6.07, 6.45) is 3.08. The van der Waals surface area contributed by atoms with Crippen molar-refractivity contribution in [1.82, 2.24) is 4.90 Å². The number of benzene rings is 1. The number of rotatable bonds is 10. The fourth-order valence-electron chi connectivity index (χ4n) is 3.18. The maximum Gasteiger partial charge on any atom is 0.248 e. The average molecular weight is 390 g/mol. The van der Waals surface area contributed by atoms with Crippen molar-refractivity contribution in [2.45, 2.75) is 31.9 Å². The molecule has 1 aliphatic heterocycles. The first-order chi connectivity index (χ1) is 13.2. The number of thiophene rings is 1. The molecule has 6 heteroatoms. The zero-order valence-electron chi connectivity index (χ0n) is 15.8. The van der Waals surface area contributed by atoms with Crippen molar-refractivity contribution >= 4 is 17.2 Å².